The molecule has 1 heterocycles. The molecule has 134 valence electrons. The van der Waals surface area contributed by atoms with Crippen molar-refractivity contribution in [2.45, 2.75) is 51.3 Å². The van der Waals surface area contributed by atoms with Gasteiger partial charge in [0.25, 0.3) is 0 Å². The summed E-state index contributed by atoms with van der Waals surface area (Å²) in [5, 5.41) is 15.2. The van der Waals surface area contributed by atoms with Gasteiger partial charge in [-0.05, 0) is 56.0 Å². The minimum absolute atomic E-state index is 0.0311. The summed E-state index contributed by atoms with van der Waals surface area (Å²) in [4.78, 5) is 14.7. The Balaban J connectivity index is 1.64. The molecule has 3 atom stereocenters. The monoisotopic (exact) mass is 340 g/mol. The van der Waals surface area contributed by atoms with E-state index in [1.807, 2.05) is 32.0 Å². The van der Waals surface area contributed by atoms with Gasteiger partial charge in [-0.15, -0.1) is 0 Å². The topological polar surface area (TPSA) is 52.6 Å². The van der Waals surface area contributed by atoms with Gasteiger partial charge in [-0.1, -0.05) is 42.5 Å². The van der Waals surface area contributed by atoms with E-state index in [1.54, 1.807) is 0 Å². The Morgan fingerprint density at radius 1 is 1.24 bits per heavy atom. The standard InChI is InChI=1S/C21H28N2O2/c1-15(24)13-18-9-6-12-23(18)14-21(25)22-16(2)19-11-5-8-17-7-3-4-10-20(17)19/h3-5,7-8,10-11,15-16,18,24H,6,9,12-14H2,1-2H3,(H,22,25). The highest BCUT2D eigenvalue weighted by atomic mass is 16.3. The summed E-state index contributed by atoms with van der Waals surface area (Å²) < 4.78 is 0. The van der Waals surface area contributed by atoms with Crippen molar-refractivity contribution in [3.05, 3.63) is 48.0 Å². The second-order valence-corrected chi connectivity index (χ2v) is 7.21. The van der Waals surface area contributed by atoms with Crippen LogP contribution in [0.2, 0.25) is 0 Å². The summed E-state index contributed by atoms with van der Waals surface area (Å²) in [5.41, 5.74) is 1.15. The molecule has 2 aromatic rings. The van der Waals surface area contributed by atoms with E-state index >= 15 is 0 Å². The molecule has 0 saturated carbocycles. The van der Waals surface area contributed by atoms with Gasteiger partial charge in [0.05, 0.1) is 18.7 Å². The van der Waals surface area contributed by atoms with Crippen molar-refractivity contribution in [1.29, 1.82) is 0 Å². The molecule has 1 amide bonds. The second-order valence-electron chi connectivity index (χ2n) is 7.21. The molecule has 1 fully saturated rings. The van der Waals surface area contributed by atoms with Crippen molar-refractivity contribution in [3.8, 4) is 0 Å². The maximum Gasteiger partial charge on any atom is 0.234 e. The Hall–Kier alpha value is -1.91. The molecule has 4 heteroatoms. The molecule has 3 unspecified atom stereocenters. The van der Waals surface area contributed by atoms with Gasteiger partial charge in [-0.3, -0.25) is 9.69 Å². The molecule has 0 spiro atoms. The van der Waals surface area contributed by atoms with Gasteiger partial charge in [0, 0.05) is 6.04 Å². The molecular formula is C21H28N2O2. The highest BCUT2D eigenvalue weighted by molar-refractivity contribution is 5.87. The molecule has 1 aliphatic heterocycles. The van der Waals surface area contributed by atoms with Gasteiger partial charge in [-0.2, -0.15) is 0 Å². The zero-order chi connectivity index (χ0) is 17.8. The Labute approximate surface area is 149 Å². The first-order valence-corrected chi connectivity index (χ1v) is 9.23. The summed E-state index contributed by atoms with van der Waals surface area (Å²) in [6.07, 6.45) is 2.59. The van der Waals surface area contributed by atoms with Gasteiger partial charge in [0.2, 0.25) is 5.91 Å². The number of nitrogens with one attached hydrogen (secondary N) is 1. The average molecular weight is 340 g/mol. The van der Waals surface area contributed by atoms with Crippen molar-refractivity contribution in [1.82, 2.24) is 10.2 Å². The first kappa shape index (κ1) is 17.9. The maximum atomic E-state index is 12.5. The molecule has 2 aromatic carbocycles. The Kier molecular flexibility index (Phi) is 5.71. The lowest BCUT2D eigenvalue weighted by atomic mass is 10.00. The van der Waals surface area contributed by atoms with E-state index in [0.717, 1.165) is 31.4 Å². The smallest absolute Gasteiger partial charge is 0.234 e. The number of hydrogen-bond acceptors (Lipinski definition) is 3. The Morgan fingerprint density at radius 3 is 2.80 bits per heavy atom. The van der Waals surface area contributed by atoms with Crippen LogP contribution < -0.4 is 5.32 Å². The maximum absolute atomic E-state index is 12.5. The fourth-order valence-electron chi connectivity index (χ4n) is 3.94. The van der Waals surface area contributed by atoms with Crippen LogP contribution in [-0.2, 0) is 4.79 Å². The van der Waals surface area contributed by atoms with Crippen molar-refractivity contribution in [2.75, 3.05) is 13.1 Å². The molecule has 3 rings (SSSR count). The van der Waals surface area contributed by atoms with Crippen LogP contribution in [0.3, 0.4) is 0 Å². The van der Waals surface area contributed by atoms with Crippen LogP contribution in [0.4, 0.5) is 0 Å². The lowest BCUT2D eigenvalue weighted by molar-refractivity contribution is -0.123. The third-order valence-corrected chi connectivity index (χ3v) is 5.13. The van der Waals surface area contributed by atoms with Crippen LogP contribution >= 0.6 is 0 Å². The number of nitrogens with zero attached hydrogens (tertiary/aromatic N) is 1. The summed E-state index contributed by atoms with van der Waals surface area (Å²) in [6.45, 7) is 5.20. The fourth-order valence-corrected chi connectivity index (χ4v) is 3.94. The normalized spacial score (nSPS) is 20.5. The molecule has 25 heavy (non-hydrogen) atoms. The van der Waals surface area contributed by atoms with Crippen LogP contribution in [0.15, 0.2) is 42.5 Å². The van der Waals surface area contributed by atoms with E-state index in [2.05, 4.69) is 34.5 Å². The molecule has 0 aromatic heterocycles. The number of fused-ring (bicyclic) bond motifs is 1. The summed E-state index contributed by atoms with van der Waals surface area (Å²) in [7, 11) is 0. The van der Waals surface area contributed by atoms with E-state index in [0.29, 0.717) is 12.6 Å². The molecule has 0 bridgehead atoms. The molecule has 1 aliphatic rings. The molecule has 0 radical (unpaired) electrons. The van der Waals surface area contributed by atoms with Crippen molar-refractivity contribution in [2.24, 2.45) is 0 Å². The average Bonchev–Trinajstić information content (AvgIpc) is 3.00. The Morgan fingerprint density at radius 2 is 2.00 bits per heavy atom. The lowest BCUT2D eigenvalue weighted by Crippen LogP contribution is -2.41. The van der Waals surface area contributed by atoms with Gasteiger partial charge < -0.3 is 10.4 Å². The van der Waals surface area contributed by atoms with E-state index in [9.17, 15) is 9.90 Å². The summed E-state index contributed by atoms with van der Waals surface area (Å²) in [6, 6.07) is 14.8. The molecule has 2 N–H and O–H groups in total. The zero-order valence-electron chi connectivity index (χ0n) is 15.1. The van der Waals surface area contributed by atoms with Crippen molar-refractivity contribution >= 4 is 16.7 Å². The lowest BCUT2D eigenvalue weighted by Gasteiger charge is -2.26. The van der Waals surface area contributed by atoms with Crippen LogP contribution in [-0.4, -0.2) is 41.1 Å². The number of hydrogen-bond donors (Lipinski definition) is 2. The number of carbonyl (C=O) groups is 1. The number of amides is 1. The van der Waals surface area contributed by atoms with Crippen molar-refractivity contribution < 1.29 is 9.90 Å². The molecule has 4 nitrogen and oxygen atoms in total. The van der Waals surface area contributed by atoms with E-state index in [4.69, 9.17) is 0 Å². The number of likely N-dealkylation sites (tertiary alicyclic amines) is 1. The fraction of sp³-hybridized carbons (Fsp3) is 0.476. The first-order valence-electron chi connectivity index (χ1n) is 9.23. The molecular weight excluding hydrogens is 312 g/mol. The van der Waals surface area contributed by atoms with E-state index in [1.165, 1.54) is 10.8 Å². The highest BCUT2D eigenvalue weighted by Gasteiger charge is 2.27. The third-order valence-electron chi connectivity index (χ3n) is 5.13. The predicted octanol–water partition coefficient (Wildman–Crippen LogP) is 3.25. The highest BCUT2D eigenvalue weighted by Crippen LogP contribution is 2.24. The van der Waals surface area contributed by atoms with Gasteiger partial charge >= 0.3 is 0 Å². The van der Waals surface area contributed by atoms with E-state index in [-0.39, 0.29) is 18.1 Å². The minimum Gasteiger partial charge on any atom is -0.393 e. The van der Waals surface area contributed by atoms with Gasteiger partial charge in [0.1, 0.15) is 0 Å². The zero-order valence-corrected chi connectivity index (χ0v) is 15.1. The van der Waals surface area contributed by atoms with E-state index < -0.39 is 0 Å². The predicted molar refractivity (Wildman–Crippen MR) is 101 cm³/mol. The van der Waals surface area contributed by atoms with Crippen LogP contribution in [0.25, 0.3) is 10.8 Å². The number of aliphatic hydroxyl groups is 1. The molecule has 0 aliphatic carbocycles. The second kappa shape index (κ2) is 7.98. The van der Waals surface area contributed by atoms with Crippen LogP contribution in [0.1, 0.15) is 44.7 Å². The van der Waals surface area contributed by atoms with Gasteiger partial charge in [-0.25, -0.2) is 0 Å². The summed E-state index contributed by atoms with van der Waals surface area (Å²) >= 11 is 0. The number of carbonyl (C=O) groups excluding carboxylic acids is 1. The number of rotatable bonds is 6. The van der Waals surface area contributed by atoms with Gasteiger partial charge in [0.15, 0.2) is 0 Å². The van der Waals surface area contributed by atoms with Crippen molar-refractivity contribution in [3.63, 3.8) is 0 Å². The number of aliphatic hydroxyl groups excluding tert-OH is 1. The SMILES string of the molecule is CC(O)CC1CCCN1CC(=O)NC(C)c1cccc2ccccc12. The van der Waals surface area contributed by atoms with Crippen LogP contribution in [0, 0.1) is 0 Å². The summed E-state index contributed by atoms with van der Waals surface area (Å²) in [5.74, 6) is 0.0536. The van der Waals surface area contributed by atoms with Crippen LogP contribution in [0.5, 0.6) is 0 Å². The number of benzene rings is 2. The minimum atomic E-state index is -0.316. The third kappa shape index (κ3) is 4.39. The molecule has 1 saturated heterocycles. The largest absolute Gasteiger partial charge is 0.393 e. The quantitative estimate of drug-likeness (QED) is 0.849. The Bertz CT molecular complexity index is 723. The first-order chi connectivity index (χ1) is 12.0.